The molecule has 0 spiro atoms. The van der Waals surface area contributed by atoms with Crippen molar-refractivity contribution in [2.24, 2.45) is 5.10 Å². The van der Waals surface area contributed by atoms with E-state index in [4.69, 9.17) is 0 Å². The number of hydrogen-bond acceptors (Lipinski definition) is 5. The van der Waals surface area contributed by atoms with E-state index in [1.165, 1.54) is 11.1 Å². The summed E-state index contributed by atoms with van der Waals surface area (Å²) < 4.78 is 0.973. The summed E-state index contributed by atoms with van der Waals surface area (Å²) in [4.78, 5) is 40.0. The lowest BCUT2D eigenvalue weighted by Gasteiger charge is -2.13. The largest absolute Gasteiger partial charge is 0.494 e. The second kappa shape index (κ2) is 7.56. The number of hydrazone groups is 1. The monoisotopic (exact) mass is 416 g/mol. The molecule has 2 aromatic carbocycles. The van der Waals surface area contributed by atoms with Crippen LogP contribution >= 0.6 is 0 Å². The van der Waals surface area contributed by atoms with Crippen LogP contribution in [0.2, 0.25) is 0 Å². The van der Waals surface area contributed by atoms with Gasteiger partial charge in [-0.3, -0.25) is 14.6 Å². The van der Waals surface area contributed by atoms with Crippen LogP contribution in [-0.4, -0.2) is 26.3 Å². The molecule has 1 aliphatic heterocycles. The van der Waals surface area contributed by atoms with Crippen molar-refractivity contribution in [3.63, 3.8) is 0 Å². The van der Waals surface area contributed by atoms with Gasteiger partial charge in [0.2, 0.25) is 5.88 Å². The fraction of sp³-hybridized carbons (Fsp3) is 0.130. The van der Waals surface area contributed by atoms with Crippen LogP contribution in [0.25, 0.3) is 11.8 Å². The lowest BCUT2D eigenvalue weighted by molar-refractivity contribution is -0.114. The molecule has 1 aliphatic rings. The first-order valence-electron chi connectivity index (χ1n) is 9.60. The highest BCUT2D eigenvalue weighted by Gasteiger charge is 2.30. The molecule has 1 aromatic heterocycles. The van der Waals surface area contributed by atoms with E-state index in [9.17, 15) is 19.5 Å². The molecule has 156 valence electrons. The second-order valence-corrected chi connectivity index (χ2v) is 7.30. The van der Waals surface area contributed by atoms with Gasteiger partial charge in [-0.25, -0.2) is 9.36 Å². The molecule has 0 saturated carbocycles. The number of aromatic amines is 1. The molecule has 4 rings (SSSR count). The second-order valence-electron chi connectivity index (χ2n) is 7.30. The van der Waals surface area contributed by atoms with Crippen molar-refractivity contribution in [3.8, 4) is 11.6 Å². The van der Waals surface area contributed by atoms with Crippen LogP contribution < -0.4 is 16.3 Å². The quantitative estimate of drug-likeness (QED) is 0.640. The number of carbonyl (C=O) groups excluding carboxylic acids is 1. The van der Waals surface area contributed by atoms with Crippen molar-refractivity contribution in [2.75, 3.05) is 5.01 Å². The zero-order valence-corrected chi connectivity index (χ0v) is 17.2. The molecule has 2 heterocycles. The molecule has 0 unspecified atom stereocenters. The summed E-state index contributed by atoms with van der Waals surface area (Å²) in [7, 11) is 0. The summed E-state index contributed by atoms with van der Waals surface area (Å²) in [5.41, 5.74) is 1.83. The topological polar surface area (TPSA) is 108 Å². The smallest absolute Gasteiger partial charge is 0.335 e. The predicted molar refractivity (Wildman–Crippen MR) is 119 cm³/mol. The van der Waals surface area contributed by atoms with Gasteiger partial charge < -0.3 is 5.11 Å². The number of nitrogens with one attached hydrogen (secondary N) is 1. The minimum absolute atomic E-state index is 0.150. The molecule has 2 N–H and O–H groups in total. The Balaban J connectivity index is 1.81. The van der Waals surface area contributed by atoms with E-state index >= 15 is 0 Å². The number of rotatable bonds is 3. The number of para-hydroxylation sites is 1. The fourth-order valence-corrected chi connectivity index (χ4v) is 3.35. The molecule has 8 heteroatoms. The van der Waals surface area contributed by atoms with Gasteiger partial charge in [-0.15, -0.1) is 0 Å². The number of aryl methyl sites for hydroxylation is 2. The SMILES string of the molecule is CC1=NN(c2ccc(C)c(C)c2)C(=O)C1=Cc1c(O)n(-c2ccccc2)c(=O)[nH]c1=O. The minimum Gasteiger partial charge on any atom is -0.494 e. The average molecular weight is 416 g/mol. The van der Waals surface area contributed by atoms with Crippen LogP contribution in [0.4, 0.5) is 5.69 Å². The minimum atomic E-state index is -0.799. The number of H-pyrrole nitrogens is 1. The maximum Gasteiger partial charge on any atom is 0.335 e. The normalized spacial score (nSPS) is 14.9. The van der Waals surface area contributed by atoms with E-state index in [-0.39, 0.29) is 11.1 Å². The summed E-state index contributed by atoms with van der Waals surface area (Å²) in [6.07, 6.45) is 1.26. The number of anilines is 1. The highest BCUT2D eigenvalue weighted by molar-refractivity contribution is 6.32. The molecule has 8 nitrogen and oxygen atoms in total. The zero-order chi connectivity index (χ0) is 22.3. The maximum atomic E-state index is 13.0. The van der Waals surface area contributed by atoms with Crippen LogP contribution in [0.15, 0.2) is 68.8 Å². The van der Waals surface area contributed by atoms with Crippen molar-refractivity contribution >= 4 is 23.4 Å². The Bertz CT molecular complexity index is 1380. The number of nitrogens with zero attached hydrogens (tertiary/aromatic N) is 3. The number of aromatic nitrogens is 2. The molecule has 1 amide bonds. The Labute approximate surface area is 177 Å². The number of amides is 1. The van der Waals surface area contributed by atoms with E-state index in [2.05, 4.69) is 10.1 Å². The third-order valence-corrected chi connectivity index (χ3v) is 5.22. The molecule has 0 atom stereocenters. The summed E-state index contributed by atoms with van der Waals surface area (Å²) in [5.74, 6) is -0.991. The van der Waals surface area contributed by atoms with Crippen molar-refractivity contribution < 1.29 is 9.90 Å². The molecule has 31 heavy (non-hydrogen) atoms. The average Bonchev–Trinajstić information content (AvgIpc) is 3.01. The van der Waals surface area contributed by atoms with E-state index < -0.39 is 23.0 Å². The number of hydrogen-bond donors (Lipinski definition) is 2. The Morgan fingerprint density at radius 1 is 0.935 bits per heavy atom. The maximum absolute atomic E-state index is 13.0. The van der Waals surface area contributed by atoms with E-state index in [1.807, 2.05) is 26.0 Å². The van der Waals surface area contributed by atoms with Crippen LogP contribution in [0, 0.1) is 13.8 Å². The lowest BCUT2D eigenvalue weighted by atomic mass is 10.1. The molecule has 0 fully saturated rings. The van der Waals surface area contributed by atoms with E-state index in [0.29, 0.717) is 17.1 Å². The molecular formula is C23H20N4O4. The van der Waals surface area contributed by atoms with Crippen molar-refractivity contribution in [3.05, 3.63) is 91.6 Å². The fourth-order valence-electron chi connectivity index (χ4n) is 3.35. The third-order valence-electron chi connectivity index (χ3n) is 5.22. The van der Waals surface area contributed by atoms with Gasteiger partial charge in [0.1, 0.15) is 5.56 Å². The van der Waals surface area contributed by atoms with Crippen molar-refractivity contribution in [1.82, 2.24) is 9.55 Å². The lowest BCUT2D eigenvalue weighted by Crippen LogP contribution is -2.30. The van der Waals surface area contributed by atoms with Crippen LogP contribution in [-0.2, 0) is 4.79 Å². The van der Waals surface area contributed by atoms with Gasteiger partial charge in [0.15, 0.2) is 0 Å². The Kier molecular flexibility index (Phi) is 4.90. The van der Waals surface area contributed by atoms with Gasteiger partial charge >= 0.3 is 5.69 Å². The standard InChI is InChI=1S/C23H20N4O4/c1-13-9-10-17(11-14(13)2)27-22(30)18(15(3)25-27)12-19-20(28)24-23(31)26(21(19)29)16-7-5-4-6-8-16/h4-12,29H,1-3H3,(H,24,28,31). The van der Waals surface area contributed by atoms with Gasteiger partial charge in [-0.1, -0.05) is 24.3 Å². The third kappa shape index (κ3) is 3.48. The van der Waals surface area contributed by atoms with Gasteiger partial charge in [0.25, 0.3) is 11.5 Å². The first-order valence-corrected chi connectivity index (χ1v) is 9.60. The zero-order valence-electron chi connectivity index (χ0n) is 17.2. The number of benzene rings is 2. The van der Waals surface area contributed by atoms with Gasteiger partial charge in [0.05, 0.1) is 22.7 Å². The molecular weight excluding hydrogens is 396 g/mol. The first-order chi connectivity index (χ1) is 14.8. The van der Waals surface area contributed by atoms with Gasteiger partial charge in [-0.05, 0) is 62.2 Å². The Morgan fingerprint density at radius 2 is 1.65 bits per heavy atom. The van der Waals surface area contributed by atoms with Crippen LogP contribution in [0.3, 0.4) is 0 Å². The first kappa shape index (κ1) is 20.1. The molecule has 0 saturated heterocycles. The summed E-state index contributed by atoms with van der Waals surface area (Å²) in [6.45, 7) is 5.56. The van der Waals surface area contributed by atoms with E-state index in [0.717, 1.165) is 15.7 Å². The van der Waals surface area contributed by atoms with Gasteiger partial charge in [0, 0.05) is 0 Å². The number of aromatic hydroxyl groups is 1. The van der Waals surface area contributed by atoms with Gasteiger partial charge in [-0.2, -0.15) is 10.1 Å². The highest BCUT2D eigenvalue weighted by atomic mass is 16.3. The summed E-state index contributed by atoms with van der Waals surface area (Å²) in [6, 6.07) is 13.9. The Morgan fingerprint density at radius 3 is 2.32 bits per heavy atom. The molecule has 0 aliphatic carbocycles. The van der Waals surface area contributed by atoms with Crippen LogP contribution in [0.1, 0.15) is 23.6 Å². The summed E-state index contributed by atoms with van der Waals surface area (Å²) >= 11 is 0. The number of carbonyl (C=O) groups is 1. The van der Waals surface area contributed by atoms with Crippen molar-refractivity contribution in [2.45, 2.75) is 20.8 Å². The van der Waals surface area contributed by atoms with E-state index in [1.54, 1.807) is 43.3 Å². The molecule has 3 aromatic rings. The summed E-state index contributed by atoms with van der Waals surface area (Å²) in [5, 5.41) is 16.3. The highest BCUT2D eigenvalue weighted by Crippen LogP contribution is 2.27. The van der Waals surface area contributed by atoms with Crippen LogP contribution in [0.5, 0.6) is 5.88 Å². The Hall–Kier alpha value is -4.20. The van der Waals surface area contributed by atoms with Crippen molar-refractivity contribution in [1.29, 1.82) is 0 Å². The predicted octanol–water partition coefficient (Wildman–Crippen LogP) is 2.65. The molecule has 0 bridgehead atoms. The molecule has 0 radical (unpaired) electrons.